The van der Waals surface area contributed by atoms with Crippen LogP contribution in [0.15, 0.2) is 48.5 Å². The second-order valence-corrected chi connectivity index (χ2v) is 4.41. The molecule has 21 heavy (non-hydrogen) atoms. The van der Waals surface area contributed by atoms with Crippen LogP contribution in [0.1, 0.15) is 13.3 Å². The van der Waals surface area contributed by atoms with E-state index in [-0.39, 0.29) is 11.4 Å². The lowest BCUT2D eigenvalue weighted by Crippen LogP contribution is -2.32. The molecule has 0 radical (unpaired) electrons. The third-order valence-corrected chi connectivity index (χ3v) is 2.90. The summed E-state index contributed by atoms with van der Waals surface area (Å²) in [5.41, 5.74) is 0.0677. The van der Waals surface area contributed by atoms with Gasteiger partial charge in [0.05, 0.1) is 5.69 Å². The number of nitrogens with one attached hydrogen (secondary N) is 1. The minimum atomic E-state index is -0.901. The number of halogens is 2. The molecule has 1 N–H and O–H groups in total. The Labute approximate surface area is 121 Å². The van der Waals surface area contributed by atoms with Crippen LogP contribution in [0.2, 0.25) is 0 Å². The third-order valence-electron chi connectivity index (χ3n) is 2.90. The second kappa shape index (κ2) is 6.83. The highest BCUT2D eigenvalue weighted by molar-refractivity contribution is 5.94. The van der Waals surface area contributed by atoms with Crippen LogP contribution in [0.4, 0.5) is 14.5 Å². The number of anilines is 1. The highest BCUT2D eigenvalue weighted by Crippen LogP contribution is 2.19. The number of para-hydroxylation sites is 2. The largest absolute Gasteiger partial charge is 0.478 e. The summed E-state index contributed by atoms with van der Waals surface area (Å²) in [6.07, 6.45) is -0.573. The number of carbonyl (C=O) groups is 1. The van der Waals surface area contributed by atoms with E-state index >= 15 is 0 Å². The Bertz CT molecular complexity index is 631. The summed E-state index contributed by atoms with van der Waals surface area (Å²) < 4.78 is 32.4. The SMILES string of the molecule is CC[C@H](Oc1ccccc1F)C(=O)Nc1ccccc1F. The molecule has 2 aromatic carbocycles. The first kappa shape index (κ1) is 15.0. The van der Waals surface area contributed by atoms with E-state index in [0.717, 1.165) is 0 Å². The van der Waals surface area contributed by atoms with Gasteiger partial charge in [0, 0.05) is 0 Å². The topological polar surface area (TPSA) is 38.3 Å². The molecule has 1 amide bonds. The molecule has 0 saturated carbocycles. The monoisotopic (exact) mass is 291 g/mol. The van der Waals surface area contributed by atoms with Crippen molar-refractivity contribution in [2.45, 2.75) is 19.4 Å². The van der Waals surface area contributed by atoms with Crippen molar-refractivity contribution in [3.8, 4) is 5.75 Å². The molecule has 0 aliphatic heterocycles. The van der Waals surface area contributed by atoms with E-state index < -0.39 is 23.6 Å². The Morgan fingerprint density at radius 2 is 1.71 bits per heavy atom. The molecule has 2 rings (SSSR count). The van der Waals surface area contributed by atoms with Crippen molar-refractivity contribution < 1.29 is 18.3 Å². The van der Waals surface area contributed by atoms with E-state index in [1.54, 1.807) is 19.1 Å². The lowest BCUT2D eigenvalue weighted by atomic mass is 10.2. The molecular formula is C16H15F2NO2. The minimum Gasteiger partial charge on any atom is -0.478 e. The van der Waals surface area contributed by atoms with Gasteiger partial charge in [-0.1, -0.05) is 31.2 Å². The highest BCUT2D eigenvalue weighted by Gasteiger charge is 2.20. The number of carbonyl (C=O) groups excluding carboxylic acids is 1. The summed E-state index contributed by atoms with van der Waals surface area (Å²) in [4.78, 5) is 12.1. The van der Waals surface area contributed by atoms with E-state index in [1.807, 2.05) is 0 Å². The lowest BCUT2D eigenvalue weighted by molar-refractivity contribution is -0.122. The van der Waals surface area contributed by atoms with Gasteiger partial charge in [-0.3, -0.25) is 4.79 Å². The zero-order valence-corrected chi connectivity index (χ0v) is 11.5. The van der Waals surface area contributed by atoms with Gasteiger partial charge in [-0.25, -0.2) is 8.78 Å². The highest BCUT2D eigenvalue weighted by atomic mass is 19.1. The summed E-state index contributed by atoms with van der Waals surface area (Å²) in [7, 11) is 0. The first-order valence-corrected chi connectivity index (χ1v) is 6.58. The number of ether oxygens (including phenoxy) is 1. The van der Waals surface area contributed by atoms with Gasteiger partial charge in [-0.15, -0.1) is 0 Å². The molecule has 2 aromatic rings. The maximum Gasteiger partial charge on any atom is 0.265 e. The average Bonchev–Trinajstić information content (AvgIpc) is 2.48. The van der Waals surface area contributed by atoms with E-state index in [0.29, 0.717) is 6.42 Å². The van der Waals surface area contributed by atoms with Crippen molar-refractivity contribution in [3.05, 3.63) is 60.2 Å². The van der Waals surface area contributed by atoms with E-state index in [9.17, 15) is 13.6 Å². The van der Waals surface area contributed by atoms with E-state index in [4.69, 9.17) is 4.74 Å². The normalized spacial score (nSPS) is 11.8. The fourth-order valence-corrected chi connectivity index (χ4v) is 1.79. The van der Waals surface area contributed by atoms with Crippen molar-refractivity contribution in [2.24, 2.45) is 0 Å². The van der Waals surface area contributed by atoms with Gasteiger partial charge >= 0.3 is 0 Å². The Morgan fingerprint density at radius 3 is 2.33 bits per heavy atom. The van der Waals surface area contributed by atoms with Gasteiger partial charge in [0.1, 0.15) is 5.82 Å². The molecular weight excluding hydrogens is 276 g/mol. The Morgan fingerprint density at radius 1 is 1.10 bits per heavy atom. The van der Waals surface area contributed by atoms with Gasteiger partial charge in [-0.05, 0) is 30.7 Å². The van der Waals surface area contributed by atoms with Crippen LogP contribution in [0.5, 0.6) is 5.75 Å². The minimum absolute atomic E-state index is 0.00645. The molecule has 0 bridgehead atoms. The summed E-state index contributed by atoms with van der Waals surface area (Å²) in [5, 5.41) is 2.44. The van der Waals surface area contributed by atoms with Crippen LogP contribution in [0.3, 0.4) is 0 Å². The number of amides is 1. The molecule has 0 unspecified atom stereocenters. The summed E-state index contributed by atoms with van der Waals surface area (Å²) in [6, 6.07) is 11.7. The van der Waals surface area contributed by atoms with Crippen LogP contribution in [-0.4, -0.2) is 12.0 Å². The van der Waals surface area contributed by atoms with Crippen LogP contribution < -0.4 is 10.1 Å². The van der Waals surface area contributed by atoms with Crippen LogP contribution >= 0.6 is 0 Å². The lowest BCUT2D eigenvalue weighted by Gasteiger charge is -2.17. The standard InChI is InChI=1S/C16H15F2NO2/c1-2-14(21-15-10-6-4-8-12(15)18)16(20)19-13-9-5-3-7-11(13)17/h3-10,14H,2H2,1H3,(H,19,20)/t14-/m0/s1. The Hall–Kier alpha value is -2.43. The molecule has 0 fully saturated rings. The van der Waals surface area contributed by atoms with Crippen molar-refractivity contribution in [3.63, 3.8) is 0 Å². The molecule has 3 nitrogen and oxygen atoms in total. The molecule has 110 valence electrons. The van der Waals surface area contributed by atoms with Crippen LogP contribution in [0, 0.1) is 11.6 Å². The molecule has 0 aliphatic carbocycles. The van der Waals surface area contributed by atoms with Gasteiger partial charge in [0.2, 0.25) is 0 Å². The quantitative estimate of drug-likeness (QED) is 0.911. The van der Waals surface area contributed by atoms with E-state index in [1.165, 1.54) is 36.4 Å². The number of hydrogen-bond donors (Lipinski definition) is 1. The molecule has 0 saturated heterocycles. The fraction of sp³-hybridized carbons (Fsp3) is 0.188. The van der Waals surface area contributed by atoms with Crippen LogP contribution in [-0.2, 0) is 4.79 Å². The molecule has 1 atom stereocenters. The number of rotatable bonds is 5. The number of hydrogen-bond acceptors (Lipinski definition) is 2. The van der Waals surface area contributed by atoms with Crippen molar-refractivity contribution in [1.82, 2.24) is 0 Å². The Kier molecular flexibility index (Phi) is 4.87. The summed E-state index contributed by atoms with van der Waals surface area (Å²) in [5.74, 6) is -1.61. The van der Waals surface area contributed by atoms with Crippen LogP contribution in [0.25, 0.3) is 0 Å². The zero-order valence-electron chi connectivity index (χ0n) is 11.5. The molecule has 0 spiro atoms. The predicted molar refractivity (Wildman–Crippen MR) is 76.1 cm³/mol. The van der Waals surface area contributed by atoms with E-state index in [2.05, 4.69) is 5.32 Å². The van der Waals surface area contributed by atoms with Gasteiger partial charge in [-0.2, -0.15) is 0 Å². The van der Waals surface area contributed by atoms with Gasteiger partial charge in [0.15, 0.2) is 17.7 Å². The second-order valence-electron chi connectivity index (χ2n) is 4.41. The zero-order chi connectivity index (χ0) is 15.2. The van der Waals surface area contributed by atoms with Crippen molar-refractivity contribution >= 4 is 11.6 Å². The predicted octanol–water partition coefficient (Wildman–Crippen LogP) is 3.76. The summed E-state index contributed by atoms with van der Waals surface area (Å²) >= 11 is 0. The number of benzene rings is 2. The molecule has 0 aromatic heterocycles. The first-order chi connectivity index (χ1) is 10.1. The first-order valence-electron chi connectivity index (χ1n) is 6.58. The van der Waals surface area contributed by atoms with Gasteiger partial charge < -0.3 is 10.1 Å². The smallest absolute Gasteiger partial charge is 0.265 e. The van der Waals surface area contributed by atoms with Gasteiger partial charge in [0.25, 0.3) is 5.91 Å². The fourth-order valence-electron chi connectivity index (χ4n) is 1.79. The molecule has 0 aliphatic rings. The Balaban J connectivity index is 2.09. The summed E-state index contributed by atoms with van der Waals surface area (Å²) in [6.45, 7) is 1.73. The maximum absolute atomic E-state index is 13.5. The van der Waals surface area contributed by atoms with Crippen molar-refractivity contribution in [2.75, 3.05) is 5.32 Å². The molecule has 5 heteroatoms. The molecule has 0 heterocycles. The maximum atomic E-state index is 13.5. The average molecular weight is 291 g/mol. The van der Waals surface area contributed by atoms with Crippen molar-refractivity contribution in [1.29, 1.82) is 0 Å². The third kappa shape index (κ3) is 3.78.